The van der Waals surface area contributed by atoms with Gasteiger partial charge in [-0.3, -0.25) is 0 Å². The van der Waals surface area contributed by atoms with E-state index in [4.69, 9.17) is 0 Å². The molecule has 0 saturated carbocycles. The summed E-state index contributed by atoms with van der Waals surface area (Å²) in [5, 5.41) is 3.24. The lowest BCUT2D eigenvalue weighted by Crippen LogP contribution is -2.05. The highest BCUT2D eigenvalue weighted by molar-refractivity contribution is 4.78. The molecule has 0 unspecified atom stereocenters. The van der Waals surface area contributed by atoms with Gasteiger partial charge in [0.05, 0.1) is 0 Å². The minimum absolute atomic E-state index is 1.04. The second kappa shape index (κ2) is 9.54. The Morgan fingerprint density at radius 3 is 2.82 bits per heavy atom. The molecule has 0 bridgehead atoms. The molecule has 65 valence electrons. The summed E-state index contributed by atoms with van der Waals surface area (Å²) in [4.78, 5) is 0. The minimum atomic E-state index is 1.04. The van der Waals surface area contributed by atoms with Crippen LogP contribution < -0.4 is 5.32 Å². The van der Waals surface area contributed by atoms with Gasteiger partial charge >= 0.3 is 0 Å². The second-order valence-electron chi connectivity index (χ2n) is 2.71. The van der Waals surface area contributed by atoms with Gasteiger partial charge in [0, 0.05) is 6.54 Å². The standard InChI is InChI=1S/C10H20N/c1-3-5-7-8-10-11-9-6-4-2/h8,10-11H,1,3-7,9H2,2H3/b10-8+. The molecule has 0 aliphatic carbocycles. The van der Waals surface area contributed by atoms with Gasteiger partial charge in [-0.25, -0.2) is 0 Å². The van der Waals surface area contributed by atoms with Gasteiger partial charge in [-0.15, -0.1) is 0 Å². The molecule has 0 heterocycles. The van der Waals surface area contributed by atoms with Gasteiger partial charge in [0.2, 0.25) is 0 Å². The van der Waals surface area contributed by atoms with Crippen molar-refractivity contribution in [2.75, 3.05) is 6.54 Å². The molecule has 1 heteroatoms. The molecular formula is C10H20N. The normalized spacial score (nSPS) is 10.7. The first-order valence-electron chi connectivity index (χ1n) is 4.59. The van der Waals surface area contributed by atoms with Crippen molar-refractivity contribution < 1.29 is 0 Å². The topological polar surface area (TPSA) is 12.0 Å². The summed E-state index contributed by atoms with van der Waals surface area (Å²) in [6.45, 7) is 7.09. The molecule has 0 aliphatic rings. The highest BCUT2D eigenvalue weighted by atomic mass is 14.8. The van der Waals surface area contributed by atoms with Crippen molar-refractivity contribution in [3.63, 3.8) is 0 Å². The summed E-state index contributed by atoms with van der Waals surface area (Å²) in [7, 11) is 0. The van der Waals surface area contributed by atoms with E-state index in [2.05, 4.69) is 31.4 Å². The Morgan fingerprint density at radius 1 is 1.36 bits per heavy atom. The van der Waals surface area contributed by atoms with Crippen LogP contribution in [-0.4, -0.2) is 6.54 Å². The summed E-state index contributed by atoms with van der Waals surface area (Å²) < 4.78 is 0. The molecule has 11 heavy (non-hydrogen) atoms. The van der Waals surface area contributed by atoms with Crippen LogP contribution in [0.3, 0.4) is 0 Å². The average molecular weight is 154 g/mol. The highest BCUT2D eigenvalue weighted by Gasteiger charge is 1.79. The van der Waals surface area contributed by atoms with Crippen LogP contribution in [0.1, 0.15) is 39.0 Å². The van der Waals surface area contributed by atoms with Gasteiger partial charge in [0.25, 0.3) is 0 Å². The van der Waals surface area contributed by atoms with Gasteiger partial charge in [-0.05, 0) is 25.5 Å². The van der Waals surface area contributed by atoms with E-state index in [0.717, 1.165) is 19.4 Å². The number of rotatable bonds is 7. The van der Waals surface area contributed by atoms with E-state index in [9.17, 15) is 0 Å². The first-order chi connectivity index (χ1) is 5.41. The number of unbranched alkanes of at least 4 members (excludes halogenated alkanes) is 3. The minimum Gasteiger partial charge on any atom is -0.391 e. The lowest BCUT2D eigenvalue weighted by Gasteiger charge is -1.96. The van der Waals surface area contributed by atoms with Crippen molar-refractivity contribution in [2.24, 2.45) is 0 Å². The fraction of sp³-hybridized carbons (Fsp3) is 0.700. The van der Waals surface area contributed by atoms with Crippen molar-refractivity contribution in [2.45, 2.75) is 39.0 Å². The summed E-state index contributed by atoms with van der Waals surface area (Å²) in [6.07, 6.45) is 10.2. The third-order valence-electron chi connectivity index (χ3n) is 1.53. The van der Waals surface area contributed by atoms with Crippen LogP contribution in [0, 0.1) is 6.92 Å². The summed E-state index contributed by atoms with van der Waals surface area (Å²) >= 11 is 0. The number of hydrogen-bond donors (Lipinski definition) is 1. The Kier molecular flexibility index (Phi) is 9.14. The number of nitrogens with one attached hydrogen (secondary N) is 1. The van der Waals surface area contributed by atoms with Crippen molar-refractivity contribution in [1.82, 2.24) is 5.32 Å². The van der Waals surface area contributed by atoms with Gasteiger partial charge < -0.3 is 5.32 Å². The Balaban J connectivity index is 2.91. The van der Waals surface area contributed by atoms with Crippen LogP contribution in [0.4, 0.5) is 0 Å². The van der Waals surface area contributed by atoms with Crippen molar-refractivity contribution in [1.29, 1.82) is 0 Å². The summed E-state index contributed by atoms with van der Waals surface area (Å²) in [5.74, 6) is 0. The predicted molar refractivity (Wildman–Crippen MR) is 51.3 cm³/mol. The molecule has 0 amide bonds. The molecule has 1 nitrogen and oxygen atoms in total. The quantitative estimate of drug-likeness (QED) is 0.556. The monoisotopic (exact) mass is 154 g/mol. The molecule has 1 radical (unpaired) electrons. The van der Waals surface area contributed by atoms with Crippen LogP contribution in [0.2, 0.25) is 0 Å². The van der Waals surface area contributed by atoms with Crippen LogP contribution in [0.25, 0.3) is 0 Å². The van der Waals surface area contributed by atoms with Gasteiger partial charge in [0.1, 0.15) is 0 Å². The highest BCUT2D eigenvalue weighted by Crippen LogP contribution is 1.93. The summed E-state index contributed by atoms with van der Waals surface area (Å²) in [6, 6.07) is 0. The van der Waals surface area contributed by atoms with E-state index in [1.807, 2.05) is 0 Å². The molecule has 0 fully saturated rings. The molecular weight excluding hydrogens is 134 g/mol. The van der Waals surface area contributed by atoms with E-state index in [-0.39, 0.29) is 0 Å². The van der Waals surface area contributed by atoms with Gasteiger partial charge in [-0.2, -0.15) is 0 Å². The smallest absolute Gasteiger partial charge is 0.0141 e. The van der Waals surface area contributed by atoms with Gasteiger partial charge in [-0.1, -0.05) is 32.8 Å². The molecule has 0 aromatic carbocycles. The van der Waals surface area contributed by atoms with E-state index >= 15 is 0 Å². The fourth-order valence-corrected chi connectivity index (χ4v) is 0.791. The number of hydrogen-bond acceptors (Lipinski definition) is 1. The molecule has 0 aromatic heterocycles. The fourth-order valence-electron chi connectivity index (χ4n) is 0.791. The Hall–Kier alpha value is -0.460. The molecule has 0 rings (SSSR count). The van der Waals surface area contributed by atoms with E-state index in [0.29, 0.717) is 0 Å². The maximum absolute atomic E-state index is 3.78. The Bertz CT molecular complexity index is 86.9. The van der Waals surface area contributed by atoms with Crippen molar-refractivity contribution >= 4 is 0 Å². The third kappa shape index (κ3) is 9.54. The lowest BCUT2D eigenvalue weighted by molar-refractivity contribution is 0.731. The van der Waals surface area contributed by atoms with Gasteiger partial charge in [0.15, 0.2) is 0 Å². The Morgan fingerprint density at radius 2 is 2.18 bits per heavy atom. The third-order valence-corrected chi connectivity index (χ3v) is 1.53. The maximum atomic E-state index is 3.78. The second-order valence-corrected chi connectivity index (χ2v) is 2.71. The largest absolute Gasteiger partial charge is 0.391 e. The molecule has 0 spiro atoms. The van der Waals surface area contributed by atoms with Crippen LogP contribution in [0.5, 0.6) is 0 Å². The van der Waals surface area contributed by atoms with Crippen LogP contribution >= 0.6 is 0 Å². The number of allylic oxidation sites excluding steroid dienone is 1. The van der Waals surface area contributed by atoms with Crippen molar-refractivity contribution in [3.8, 4) is 0 Å². The van der Waals surface area contributed by atoms with Crippen LogP contribution in [-0.2, 0) is 0 Å². The van der Waals surface area contributed by atoms with Crippen molar-refractivity contribution in [3.05, 3.63) is 19.2 Å². The summed E-state index contributed by atoms with van der Waals surface area (Å²) in [5.41, 5.74) is 0. The lowest BCUT2D eigenvalue weighted by atomic mass is 10.2. The first kappa shape index (κ1) is 10.5. The first-order valence-corrected chi connectivity index (χ1v) is 4.59. The predicted octanol–water partition coefficient (Wildman–Crippen LogP) is 2.89. The molecule has 0 atom stereocenters. The SMILES string of the molecule is [CH2]CCC/C=C/NCCCC. The zero-order valence-corrected chi connectivity index (χ0v) is 7.60. The Labute approximate surface area is 70.9 Å². The van der Waals surface area contributed by atoms with E-state index in [1.54, 1.807) is 0 Å². The zero-order chi connectivity index (χ0) is 8.36. The van der Waals surface area contributed by atoms with E-state index in [1.165, 1.54) is 19.3 Å². The average Bonchev–Trinajstić information content (AvgIpc) is 2.03. The molecule has 0 aromatic rings. The van der Waals surface area contributed by atoms with Crippen LogP contribution in [0.15, 0.2) is 12.3 Å². The molecule has 1 N–H and O–H groups in total. The molecule has 0 saturated heterocycles. The van der Waals surface area contributed by atoms with E-state index < -0.39 is 0 Å². The zero-order valence-electron chi connectivity index (χ0n) is 7.60. The molecule has 0 aliphatic heterocycles. The maximum Gasteiger partial charge on any atom is 0.0141 e.